The van der Waals surface area contributed by atoms with Gasteiger partial charge in [0, 0.05) is 30.4 Å². The van der Waals surface area contributed by atoms with E-state index in [1.54, 1.807) is 11.3 Å². The molecular formula is C24H30N2O2S. The summed E-state index contributed by atoms with van der Waals surface area (Å²) in [5.74, 6) is 1.16. The molecule has 2 fully saturated rings. The van der Waals surface area contributed by atoms with Gasteiger partial charge in [0.25, 0.3) is 0 Å². The largest absolute Gasteiger partial charge is 0.356 e. The number of thiophene rings is 1. The van der Waals surface area contributed by atoms with Crippen LogP contribution in [-0.2, 0) is 16.0 Å². The fraction of sp³-hybridized carbons (Fsp3) is 0.500. The molecule has 4 rings (SSSR count). The molecule has 0 spiro atoms. The van der Waals surface area contributed by atoms with Gasteiger partial charge in [-0.2, -0.15) is 0 Å². The van der Waals surface area contributed by atoms with E-state index in [1.165, 1.54) is 16.0 Å². The predicted molar refractivity (Wildman–Crippen MR) is 118 cm³/mol. The predicted octanol–water partition coefficient (Wildman–Crippen LogP) is 4.36. The lowest BCUT2D eigenvalue weighted by atomic mass is 9.72. The van der Waals surface area contributed by atoms with E-state index in [4.69, 9.17) is 0 Å². The maximum atomic E-state index is 13.2. The van der Waals surface area contributed by atoms with Gasteiger partial charge >= 0.3 is 0 Å². The zero-order valence-electron chi connectivity index (χ0n) is 17.3. The molecule has 29 heavy (non-hydrogen) atoms. The fourth-order valence-corrected chi connectivity index (χ4v) is 5.39. The quantitative estimate of drug-likeness (QED) is 0.769. The third kappa shape index (κ3) is 4.11. The number of hydrogen-bond acceptors (Lipinski definition) is 3. The maximum absolute atomic E-state index is 13.2. The molecule has 2 atom stereocenters. The number of piperidine rings is 1. The summed E-state index contributed by atoms with van der Waals surface area (Å²) in [6, 6.07) is 12.6. The van der Waals surface area contributed by atoms with Crippen molar-refractivity contribution < 1.29 is 9.59 Å². The molecule has 2 aliphatic rings. The van der Waals surface area contributed by atoms with Crippen molar-refractivity contribution >= 4 is 23.2 Å². The lowest BCUT2D eigenvalue weighted by Gasteiger charge is -2.41. The Bertz CT molecular complexity index is 869. The van der Waals surface area contributed by atoms with E-state index in [2.05, 4.69) is 54.0 Å². The van der Waals surface area contributed by atoms with E-state index in [-0.39, 0.29) is 11.8 Å². The Labute approximate surface area is 177 Å². The van der Waals surface area contributed by atoms with Gasteiger partial charge in [0.05, 0.1) is 5.41 Å². The molecule has 1 N–H and O–H groups in total. The Morgan fingerprint density at radius 3 is 2.52 bits per heavy atom. The van der Waals surface area contributed by atoms with Crippen molar-refractivity contribution in [1.82, 2.24) is 10.2 Å². The van der Waals surface area contributed by atoms with Crippen molar-refractivity contribution in [2.24, 2.45) is 17.3 Å². The fourth-order valence-electron chi connectivity index (χ4n) is 4.60. The summed E-state index contributed by atoms with van der Waals surface area (Å²) in [7, 11) is 0. The topological polar surface area (TPSA) is 49.4 Å². The Morgan fingerprint density at radius 1 is 1.17 bits per heavy atom. The molecule has 4 nitrogen and oxygen atoms in total. The van der Waals surface area contributed by atoms with Gasteiger partial charge in [0.2, 0.25) is 11.8 Å². The summed E-state index contributed by atoms with van der Waals surface area (Å²) in [4.78, 5) is 29.1. The van der Waals surface area contributed by atoms with Crippen LogP contribution >= 0.6 is 11.3 Å². The Morgan fingerprint density at radius 2 is 1.90 bits per heavy atom. The molecule has 5 heteroatoms. The highest BCUT2D eigenvalue weighted by Crippen LogP contribution is 2.43. The minimum absolute atomic E-state index is 0.132. The molecule has 2 amide bonds. The van der Waals surface area contributed by atoms with Crippen LogP contribution in [0.5, 0.6) is 0 Å². The lowest BCUT2D eigenvalue weighted by molar-refractivity contribution is -0.141. The molecule has 1 saturated heterocycles. The molecule has 1 aromatic heterocycles. The summed E-state index contributed by atoms with van der Waals surface area (Å²) >= 11 is 1.73. The number of rotatable bonds is 6. The van der Waals surface area contributed by atoms with Crippen LogP contribution in [0.4, 0.5) is 0 Å². The summed E-state index contributed by atoms with van der Waals surface area (Å²) in [5, 5.41) is 5.17. The normalized spacial score (nSPS) is 22.9. The van der Waals surface area contributed by atoms with E-state index in [0.717, 1.165) is 25.7 Å². The van der Waals surface area contributed by atoms with Crippen molar-refractivity contribution in [3.63, 3.8) is 0 Å². The third-order valence-corrected chi connectivity index (χ3v) is 7.51. The first-order valence-corrected chi connectivity index (χ1v) is 11.6. The van der Waals surface area contributed by atoms with Gasteiger partial charge in [0.1, 0.15) is 0 Å². The highest BCUT2D eigenvalue weighted by Gasteiger charge is 2.46. The summed E-state index contributed by atoms with van der Waals surface area (Å²) in [6.45, 7) is 6.11. The van der Waals surface area contributed by atoms with Crippen molar-refractivity contribution in [3.8, 4) is 10.4 Å². The SMILES string of the molecule is CCNC(=O)C1(Cc2ccccc2-c2cccs2)CCN(C(=O)[C@@H]2C[C@H]2C)CC1. The van der Waals surface area contributed by atoms with Gasteiger partial charge in [-0.3, -0.25) is 9.59 Å². The molecule has 1 aromatic carbocycles. The van der Waals surface area contributed by atoms with E-state index in [1.807, 2.05) is 11.8 Å². The molecule has 154 valence electrons. The van der Waals surface area contributed by atoms with E-state index in [0.29, 0.717) is 31.5 Å². The minimum atomic E-state index is -0.449. The van der Waals surface area contributed by atoms with Gasteiger partial charge < -0.3 is 10.2 Å². The number of amides is 2. The zero-order valence-corrected chi connectivity index (χ0v) is 18.1. The number of benzene rings is 1. The molecule has 0 radical (unpaired) electrons. The lowest BCUT2D eigenvalue weighted by Crippen LogP contribution is -2.51. The van der Waals surface area contributed by atoms with Gasteiger partial charge in [0.15, 0.2) is 0 Å². The highest BCUT2D eigenvalue weighted by molar-refractivity contribution is 7.13. The first kappa shape index (κ1) is 20.1. The average Bonchev–Trinajstić information content (AvgIpc) is 3.22. The highest BCUT2D eigenvalue weighted by atomic mass is 32.1. The van der Waals surface area contributed by atoms with Crippen molar-refractivity contribution in [2.45, 2.75) is 39.5 Å². The molecule has 0 bridgehead atoms. The number of nitrogens with zero attached hydrogens (tertiary/aromatic N) is 1. The first-order valence-electron chi connectivity index (χ1n) is 10.7. The molecular weight excluding hydrogens is 380 g/mol. The van der Waals surface area contributed by atoms with E-state index >= 15 is 0 Å². The Hall–Kier alpha value is -2.14. The molecule has 2 aromatic rings. The Balaban J connectivity index is 1.56. The summed E-state index contributed by atoms with van der Waals surface area (Å²) < 4.78 is 0. The van der Waals surface area contributed by atoms with Gasteiger partial charge in [-0.15, -0.1) is 11.3 Å². The summed E-state index contributed by atoms with van der Waals surface area (Å²) in [6.07, 6.45) is 3.19. The Kier molecular flexibility index (Phi) is 5.77. The molecule has 2 heterocycles. The van der Waals surface area contributed by atoms with Crippen LogP contribution in [0.15, 0.2) is 41.8 Å². The second-order valence-electron chi connectivity index (χ2n) is 8.60. The van der Waals surface area contributed by atoms with Crippen LogP contribution in [0.25, 0.3) is 10.4 Å². The molecule has 0 unspecified atom stereocenters. The van der Waals surface area contributed by atoms with Gasteiger partial charge in [-0.25, -0.2) is 0 Å². The van der Waals surface area contributed by atoms with Crippen LogP contribution < -0.4 is 5.32 Å². The van der Waals surface area contributed by atoms with Crippen LogP contribution in [0.2, 0.25) is 0 Å². The number of carbonyl (C=O) groups excluding carboxylic acids is 2. The van der Waals surface area contributed by atoms with Gasteiger partial charge in [-0.1, -0.05) is 37.3 Å². The minimum Gasteiger partial charge on any atom is -0.356 e. The number of likely N-dealkylation sites (tertiary alicyclic amines) is 1. The number of carbonyl (C=O) groups is 2. The van der Waals surface area contributed by atoms with Crippen LogP contribution in [-0.4, -0.2) is 36.3 Å². The van der Waals surface area contributed by atoms with Crippen molar-refractivity contribution in [1.29, 1.82) is 0 Å². The first-order chi connectivity index (χ1) is 14.0. The monoisotopic (exact) mass is 410 g/mol. The molecule has 1 aliphatic carbocycles. The number of nitrogens with one attached hydrogen (secondary N) is 1. The molecule has 1 saturated carbocycles. The average molecular weight is 411 g/mol. The number of hydrogen-bond donors (Lipinski definition) is 1. The van der Waals surface area contributed by atoms with Crippen molar-refractivity contribution in [3.05, 3.63) is 47.3 Å². The van der Waals surface area contributed by atoms with Gasteiger partial charge in [-0.05, 0) is 61.1 Å². The molecule has 1 aliphatic heterocycles. The standard InChI is InChI=1S/C24H30N2O2S/c1-3-25-23(28)24(10-12-26(13-11-24)22(27)20-15-17(20)2)16-18-7-4-5-8-19(18)21-9-6-14-29-21/h4-9,14,17,20H,3,10-13,15-16H2,1-2H3,(H,25,28)/t17-,20-/m1/s1. The van der Waals surface area contributed by atoms with Crippen molar-refractivity contribution in [2.75, 3.05) is 19.6 Å². The third-order valence-electron chi connectivity index (χ3n) is 6.61. The summed E-state index contributed by atoms with van der Waals surface area (Å²) in [5.41, 5.74) is 1.99. The van der Waals surface area contributed by atoms with Crippen LogP contribution in [0.1, 0.15) is 38.7 Å². The van der Waals surface area contributed by atoms with Crippen LogP contribution in [0, 0.1) is 17.3 Å². The van der Waals surface area contributed by atoms with E-state index < -0.39 is 5.41 Å². The second kappa shape index (κ2) is 8.31. The maximum Gasteiger partial charge on any atom is 0.226 e. The zero-order chi connectivity index (χ0) is 20.4. The smallest absolute Gasteiger partial charge is 0.226 e. The van der Waals surface area contributed by atoms with E-state index in [9.17, 15) is 9.59 Å². The second-order valence-corrected chi connectivity index (χ2v) is 9.54. The van der Waals surface area contributed by atoms with Crippen LogP contribution in [0.3, 0.4) is 0 Å².